The molecule has 0 saturated carbocycles. The zero-order valence-electron chi connectivity index (χ0n) is 22.0. The number of alkyl halides is 4. The maximum atomic E-state index is 13.3. The van der Waals surface area contributed by atoms with E-state index < -0.39 is 17.6 Å². The van der Waals surface area contributed by atoms with Gasteiger partial charge in [-0.1, -0.05) is 34.1 Å². The molecule has 0 aromatic heterocycles. The Morgan fingerprint density at radius 1 is 0.951 bits per heavy atom. The van der Waals surface area contributed by atoms with Gasteiger partial charge in [0.15, 0.2) is 0 Å². The van der Waals surface area contributed by atoms with Crippen LogP contribution >= 0.6 is 15.9 Å². The Bertz CT molecular complexity index is 1450. The number of hydrogen-bond donors (Lipinski definition) is 4. The van der Waals surface area contributed by atoms with Crippen LogP contribution in [0.4, 0.5) is 30.2 Å². The molecule has 4 N–H and O–H groups in total. The maximum absolute atomic E-state index is 13.3. The number of nitrogens with zero attached hydrogens (tertiary/aromatic N) is 1. The third-order valence-electron chi connectivity index (χ3n) is 6.50. The molecule has 0 radical (unpaired) electrons. The Kier molecular flexibility index (Phi) is 9.82. The Labute approximate surface area is 244 Å². The van der Waals surface area contributed by atoms with Crippen LogP contribution in [-0.2, 0) is 11.5 Å². The van der Waals surface area contributed by atoms with Crippen molar-refractivity contribution in [1.29, 1.82) is 5.41 Å². The normalized spacial score (nSPS) is 13.6. The largest absolute Gasteiger partial charge is 0.416 e. The number of halogens is 4. The van der Waals surface area contributed by atoms with Crippen LogP contribution in [0.5, 0.6) is 0 Å². The summed E-state index contributed by atoms with van der Waals surface area (Å²) in [4.78, 5) is 28.5. The molecule has 0 spiro atoms. The summed E-state index contributed by atoms with van der Waals surface area (Å²) in [7, 11) is 0. The van der Waals surface area contributed by atoms with Gasteiger partial charge in [-0.05, 0) is 79.4 Å². The SMILES string of the molecule is N=C(/C=C\Nc1cccc(C(F)(F)F)c1)NC(=O)c1cc(N2CCCCC2)ccc1NC(=O)c1cccc(CBr)c1. The van der Waals surface area contributed by atoms with Gasteiger partial charge < -0.3 is 20.9 Å². The maximum Gasteiger partial charge on any atom is 0.416 e. The van der Waals surface area contributed by atoms with E-state index in [4.69, 9.17) is 5.41 Å². The van der Waals surface area contributed by atoms with Crippen LogP contribution in [-0.4, -0.2) is 30.7 Å². The molecule has 1 heterocycles. The summed E-state index contributed by atoms with van der Waals surface area (Å²) < 4.78 is 38.9. The molecule has 0 bridgehead atoms. The fourth-order valence-corrected chi connectivity index (χ4v) is 4.75. The molecule has 214 valence electrons. The number of anilines is 3. The minimum atomic E-state index is -4.48. The van der Waals surface area contributed by atoms with Crippen LogP contribution in [0.1, 0.15) is 51.1 Å². The molecule has 0 unspecified atom stereocenters. The van der Waals surface area contributed by atoms with E-state index in [9.17, 15) is 22.8 Å². The van der Waals surface area contributed by atoms with Gasteiger partial charge >= 0.3 is 6.18 Å². The first-order valence-corrected chi connectivity index (χ1v) is 14.1. The highest BCUT2D eigenvalue weighted by Crippen LogP contribution is 2.31. The van der Waals surface area contributed by atoms with Crippen molar-refractivity contribution >= 4 is 50.6 Å². The third-order valence-corrected chi connectivity index (χ3v) is 7.15. The number of carbonyl (C=O) groups excluding carboxylic acids is 2. The van der Waals surface area contributed by atoms with Crippen molar-refractivity contribution in [2.75, 3.05) is 28.6 Å². The summed E-state index contributed by atoms with van der Waals surface area (Å²) in [5.74, 6) is -1.28. The minimum Gasteiger partial charge on any atom is -0.372 e. The summed E-state index contributed by atoms with van der Waals surface area (Å²) >= 11 is 3.38. The second-order valence-electron chi connectivity index (χ2n) is 9.49. The average molecular weight is 628 g/mol. The van der Waals surface area contributed by atoms with Gasteiger partial charge in [0.25, 0.3) is 11.8 Å². The molecule has 2 amide bonds. The molecular formula is C30H29BrF3N5O2. The number of carbonyl (C=O) groups is 2. The van der Waals surface area contributed by atoms with Crippen molar-refractivity contribution in [2.45, 2.75) is 30.8 Å². The minimum absolute atomic E-state index is 0.179. The Balaban J connectivity index is 1.50. The predicted octanol–water partition coefficient (Wildman–Crippen LogP) is 7.18. The first kappa shape index (κ1) is 29.9. The standard InChI is InChI=1S/C30H29BrF3N5O2/c31-19-20-6-4-7-21(16-20)28(40)37-26-11-10-24(39-14-2-1-3-15-39)18-25(26)29(41)38-27(35)12-13-36-23-9-5-8-22(17-23)30(32,33)34/h4-13,16-18,36H,1-3,14-15,19H2,(H,37,40)(H2,35,38,41)/b13-12-. The lowest BCUT2D eigenvalue weighted by atomic mass is 10.1. The summed E-state index contributed by atoms with van der Waals surface area (Å²) in [6, 6.07) is 17.0. The summed E-state index contributed by atoms with van der Waals surface area (Å²) in [5.41, 5.74) is 2.04. The fourth-order valence-electron chi connectivity index (χ4n) is 4.41. The monoisotopic (exact) mass is 627 g/mol. The van der Waals surface area contributed by atoms with E-state index in [1.165, 1.54) is 24.4 Å². The van der Waals surface area contributed by atoms with E-state index in [0.717, 1.165) is 55.7 Å². The molecular weight excluding hydrogens is 599 g/mol. The summed E-state index contributed by atoms with van der Waals surface area (Å²) in [5, 5.41) is 16.7. The van der Waals surface area contributed by atoms with E-state index in [2.05, 4.69) is 36.8 Å². The van der Waals surface area contributed by atoms with Crippen molar-refractivity contribution < 1.29 is 22.8 Å². The number of hydrogen-bond acceptors (Lipinski definition) is 5. The lowest BCUT2D eigenvalue weighted by Crippen LogP contribution is -2.32. The molecule has 1 aliphatic rings. The lowest BCUT2D eigenvalue weighted by molar-refractivity contribution is -0.137. The van der Waals surface area contributed by atoms with E-state index in [1.807, 2.05) is 12.1 Å². The predicted molar refractivity (Wildman–Crippen MR) is 159 cm³/mol. The first-order chi connectivity index (χ1) is 19.6. The number of benzene rings is 3. The Morgan fingerprint density at radius 2 is 1.71 bits per heavy atom. The topological polar surface area (TPSA) is 97.3 Å². The highest BCUT2D eigenvalue weighted by Gasteiger charge is 2.30. The van der Waals surface area contributed by atoms with Crippen molar-refractivity contribution in [3.8, 4) is 0 Å². The molecule has 7 nitrogen and oxygen atoms in total. The van der Waals surface area contributed by atoms with Gasteiger partial charge in [-0.2, -0.15) is 13.2 Å². The zero-order valence-corrected chi connectivity index (χ0v) is 23.6. The molecule has 1 fully saturated rings. The molecule has 11 heteroatoms. The number of nitrogens with one attached hydrogen (secondary N) is 4. The molecule has 0 aliphatic carbocycles. The lowest BCUT2D eigenvalue weighted by Gasteiger charge is -2.29. The second-order valence-corrected chi connectivity index (χ2v) is 10.1. The average Bonchev–Trinajstić information content (AvgIpc) is 2.97. The molecule has 41 heavy (non-hydrogen) atoms. The molecule has 1 saturated heterocycles. The molecule has 3 aromatic carbocycles. The van der Waals surface area contributed by atoms with Gasteiger partial charge in [0.1, 0.15) is 5.84 Å². The van der Waals surface area contributed by atoms with Crippen LogP contribution in [0, 0.1) is 5.41 Å². The first-order valence-electron chi connectivity index (χ1n) is 13.0. The summed E-state index contributed by atoms with van der Waals surface area (Å²) in [6.07, 6.45) is 1.23. The second kappa shape index (κ2) is 13.5. The van der Waals surface area contributed by atoms with Crippen LogP contribution in [0.15, 0.2) is 79.0 Å². The van der Waals surface area contributed by atoms with Crippen LogP contribution < -0.4 is 20.9 Å². The quantitative estimate of drug-likeness (QED) is 0.121. The highest BCUT2D eigenvalue weighted by atomic mass is 79.9. The summed E-state index contributed by atoms with van der Waals surface area (Å²) in [6.45, 7) is 1.71. The van der Waals surface area contributed by atoms with Crippen molar-refractivity contribution in [1.82, 2.24) is 5.32 Å². The number of rotatable bonds is 8. The van der Waals surface area contributed by atoms with Gasteiger partial charge in [0.05, 0.1) is 16.8 Å². The van der Waals surface area contributed by atoms with Gasteiger partial charge in [-0.15, -0.1) is 0 Å². The van der Waals surface area contributed by atoms with E-state index in [1.54, 1.807) is 30.3 Å². The molecule has 0 atom stereocenters. The van der Waals surface area contributed by atoms with Crippen molar-refractivity contribution in [3.63, 3.8) is 0 Å². The smallest absolute Gasteiger partial charge is 0.372 e. The van der Waals surface area contributed by atoms with Crippen LogP contribution in [0.25, 0.3) is 0 Å². The fraction of sp³-hybridized carbons (Fsp3) is 0.233. The van der Waals surface area contributed by atoms with Gasteiger partial charge in [-0.3, -0.25) is 15.0 Å². The van der Waals surface area contributed by atoms with Crippen LogP contribution in [0.2, 0.25) is 0 Å². The van der Waals surface area contributed by atoms with Crippen molar-refractivity contribution in [3.05, 3.63) is 101 Å². The molecule has 1 aliphatic heterocycles. The number of amides is 2. The van der Waals surface area contributed by atoms with Crippen molar-refractivity contribution in [2.24, 2.45) is 0 Å². The van der Waals surface area contributed by atoms with Gasteiger partial charge in [-0.25, -0.2) is 0 Å². The molecule has 4 rings (SSSR count). The number of piperidine rings is 1. The number of amidine groups is 1. The Hall–Kier alpha value is -4.12. The van der Waals surface area contributed by atoms with E-state index in [-0.39, 0.29) is 28.7 Å². The van der Waals surface area contributed by atoms with E-state index >= 15 is 0 Å². The van der Waals surface area contributed by atoms with E-state index in [0.29, 0.717) is 10.9 Å². The van der Waals surface area contributed by atoms with Gasteiger partial charge in [0.2, 0.25) is 0 Å². The van der Waals surface area contributed by atoms with Gasteiger partial charge in [0, 0.05) is 41.6 Å². The Morgan fingerprint density at radius 3 is 2.44 bits per heavy atom. The highest BCUT2D eigenvalue weighted by molar-refractivity contribution is 9.08. The molecule has 3 aromatic rings. The zero-order chi connectivity index (χ0) is 29.4. The third kappa shape index (κ3) is 8.20. The van der Waals surface area contributed by atoms with Crippen LogP contribution in [0.3, 0.4) is 0 Å².